The number of amides is 1. The monoisotopic (exact) mass is 431 g/mol. The van der Waals surface area contributed by atoms with E-state index in [1.54, 1.807) is 31.4 Å². The molecule has 10 heteroatoms. The van der Waals surface area contributed by atoms with Gasteiger partial charge in [0.15, 0.2) is 0 Å². The second-order valence-electron chi connectivity index (χ2n) is 7.38. The summed E-state index contributed by atoms with van der Waals surface area (Å²) in [5, 5.41) is 2.70. The number of rotatable bonds is 8. The van der Waals surface area contributed by atoms with E-state index in [0.29, 0.717) is 24.5 Å². The van der Waals surface area contributed by atoms with E-state index in [2.05, 4.69) is 5.32 Å². The minimum Gasteiger partial charge on any atom is -0.497 e. The lowest BCUT2D eigenvalue weighted by Crippen LogP contribution is -2.47. The van der Waals surface area contributed by atoms with Gasteiger partial charge in [0.2, 0.25) is 5.91 Å². The van der Waals surface area contributed by atoms with Crippen LogP contribution in [0.3, 0.4) is 0 Å². The Bertz CT molecular complexity index is 1020. The zero-order chi connectivity index (χ0) is 22.4. The normalized spacial score (nSPS) is 13.8. The van der Waals surface area contributed by atoms with Gasteiger partial charge >= 0.3 is 5.69 Å². The number of aromatic nitrogens is 2. The van der Waals surface area contributed by atoms with Gasteiger partial charge in [-0.25, -0.2) is 9.36 Å². The Morgan fingerprint density at radius 3 is 2.35 bits per heavy atom. The van der Waals surface area contributed by atoms with Crippen molar-refractivity contribution < 1.29 is 14.3 Å². The van der Waals surface area contributed by atoms with Crippen LogP contribution in [0.5, 0.6) is 5.75 Å². The Morgan fingerprint density at radius 2 is 1.74 bits per heavy atom. The fraction of sp³-hybridized carbons (Fsp3) is 0.476. The number of methoxy groups -OCH3 is 2. The van der Waals surface area contributed by atoms with E-state index >= 15 is 0 Å². The lowest BCUT2D eigenvalue weighted by atomic mass is 10.1. The van der Waals surface area contributed by atoms with Crippen LogP contribution in [0.25, 0.3) is 0 Å². The highest BCUT2D eigenvalue weighted by Crippen LogP contribution is 2.21. The standard InChI is InChI=1S/C21H29N5O5/c1-30-13-12-25-19(22)18(24-10-4-3-5-11-24)20(28)26(21(25)29)14-17(27)23-15-6-8-16(31-2)9-7-15/h6-9H,3-5,10-14,22H2,1-2H3,(H,23,27). The van der Waals surface area contributed by atoms with E-state index in [-0.39, 0.29) is 24.7 Å². The molecule has 1 amide bonds. The van der Waals surface area contributed by atoms with Gasteiger partial charge in [-0.05, 0) is 43.5 Å². The van der Waals surface area contributed by atoms with Gasteiger partial charge in [0.25, 0.3) is 5.56 Å². The molecule has 1 fully saturated rings. The average molecular weight is 431 g/mol. The van der Waals surface area contributed by atoms with E-state index < -0.39 is 23.7 Å². The molecule has 0 atom stereocenters. The smallest absolute Gasteiger partial charge is 0.333 e. The Hall–Kier alpha value is -3.27. The van der Waals surface area contributed by atoms with Crippen molar-refractivity contribution in [2.45, 2.75) is 32.4 Å². The van der Waals surface area contributed by atoms with Crippen molar-refractivity contribution in [1.82, 2.24) is 9.13 Å². The third kappa shape index (κ3) is 5.08. The number of carbonyl (C=O) groups excluding carboxylic acids is 1. The SMILES string of the molecule is COCCn1c(N)c(N2CCCCC2)c(=O)n(CC(=O)Nc2ccc(OC)cc2)c1=O. The molecule has 0 saturated carbocycles. The summed E-state index contributed by atoms with van der Waals surface area (Å²) in [5.74, 6) is 0.276. The molecular weight excluding hydrogens is 402 g/mol. The van der Waals surface area contributed by atoms with Crippen LogP contribution in [-0.2, 0) is 22.6 Å². The van der Waals surface area contributed by atoms with Crippen molar-refractivity contribution in [2.75, 3.05) is 49.9 Å². The van der Waals surface area contributed by atoms with Crippen LogP contribution in [0.1, 0.15) is 19.3 Å². The van der Waals surface area contributed by atoms with Gasteiger partial charge in [-0.2, -0.15) is 0 Å². The van der Waals surface area contributed by atoms with Crippen LogP contribution in [0, 0.1) is 0 Å². The van der Waals surface area contributed by atoms with E-state index in [1.807, 2.05) is 4.90 Å². The fourth-order valence-electron chi connectivity index (χ4n) is 3.67. The van der Waals surface area contributed by atoms with Crippen molar-refractivity contribution in [3.63, 3.8) is 0 Å². The average Bonchev–Trinajstić information content (AvgIpc) is 2.78. The van der Waals surface area contributed by atoms with E-state index in [9.17, 15) is 14.4 Å². The highest BCUT2D eigenvalue weighted by molar-refractivity contribution is 5.90. The largest absolute Gasteiger partial charge is 0.497 e. The van der Waals surface area contributed by atoms with Crippen LogP contribution in [0.4, 0.5) is 17.2 Å². The molecule has 2 heterocycles. The van der Waals surface area contributed by atoms with E-state index in [1.165, 1.54) is 11.7 Å². The maximum absolute atomic E-state index is 13.2. The van der Waals surface area contributed by atoms with Gasteiger partial charge in [-0.15, -0.1) is 0 Å². The highest BCUT2D eigenvalue weighted by Gasteiger charge is 2.24. The van der Waals surface area contributed by atoms with Crippen LogP contribution in [-0.4, -0.2) is 49.0 Å². The zero-order valence-electron chi connectivity index (χ0n) is 17.9. The molecule has 0 radical (unpaired) electrons. The summed E-state index contributed by atoms with van der Waals surface area (Å²) in [6.45, 7) is 1.37. The first-order valence-corrected chi connectivity index (χ1v) is 10.3. The number of hydrogen-bond acceptors (Lipinski definition) is 7. The van der Waals surface area contributed by atoms with Gasteiger partial charge < -0.3 is 25.4 Å². The second kappa shape index (κ2) is 10.2. The summed E-state index contributed by atoms with van der Waals surface area (Å²) in [7, 11) is 3.07. The number of nitrogens with zero attached hydrogens (tertiary/aromatic N) is 3. The first-order valence-electron chi connectivity index (χ1n) is 10.3. The number of ether oxygens (including phenoxy) is 2. The summed E-state index contributed by atoms with van der Waals surface area (Å²) in [6, 6.07) is 6.77. The summed E-state index contributed by atoms with van der Waals surface area (Å²) in [6.07, 6.45) is 2.96. The number of piperidine rings is 1. The summed E-state index contributed by atoms with van der Waals surface area (Å²) < 4.78 is 12.4. The van der Waals surface area contributed by atoms with Crippen LogP contribution in [0.2, 0.25) is 0 Å². The topological polar surface area (TPSA) is 121 Å². The minimum atomic E-state index is -0.634. The molecule has 0 unspecified atom stereocenters. The lowest BCUT2D eigenvalue weighted by Gasteiger charge is -2.30. The lowest BCUT2D eigenvalue weighted by molar-refractivity contribution is -0.116. The molecule has 1 aromatic carbocycles. The summed E-state index contributed by atoms with van der Waals surface area (Å²) >= 11 is 0. The molecular formula is C21H29N5O5. The zero-order valence-corrected chi connectivity index (χ0v) is 17.9. The summed E-state index contributed by atoms with van der Waals surface area (Å²) in [5.41, 5.74) is 5.86. The third-order valence-electron chi connectivity index (χ3n) is 5.31. The number of anilines is 3. The predicted molar refractivity (Wildman–Crippen MR) is 119 cm³/mol. The van der Waals surface area contributed by atoms with E-state index in [4.69, 9.17) is 15.2 Å². The first kappa shape index (κ1) is 22.4. The Labute approximate surface area is 180 Å². The van der Waals surface area contributed by atoms with Gasteiger partial charge in [0, 0.05) is 25.9 Å². The quantitative estimate of drug-likeness (QED) is 0.636. The number of benzene rings is 1. The minimum absolute atomic E-state index is 0.112. The third-order valence-corrected chi connectivity index (χ3v) is 5.31. The molecule has 2 aromatic rings. The maximum Gasteiger partial charge on any atom is 0.333 e. The predicted octanol–water partition coefficient (Wildman–Crippen LogP) is 0.876. The number of hydrogen-bond donors (Lipinski definition) is 2. The molecule has 1 aromatic heterocycles. The van der Waals surface area contributed by atoms with Crippen molar-refractivity contribution in [3.8, 4) is 5.75 Å². The number of nitrogens with two attached hydrogens (primary N) is 1. The molecule has 0 spiro atoms. The molecule has 168 valence electrons. The molecule has 0 bridgehead atoms. The van der Waals surface area contributed by atoms with Gasteiger partial charge in [-0.1, -0.05) is 0 Å². The second-order valence-corrected chi connectivity index (χ2v) is 7.38. The summed E-state index contributed by atoms with van der Waals surface area (Å²) in [4.78, 5) is 40.7. The van der Waals surface area contributed by atoms with E-state index in [0.717, 1.165) is 23.8 Å². The number of nitrogen functional groups attached to an aromatic ring is 1. The molecule has 1 aliphatic heterocycles. The Kier molecular flexibility index (Phi) is 7.35. The molecule has 10 nitrogen and oxygen atoms in total. The highest BCUT2D eigenvalue weighted by atomic mass is 16.5. The Balaban J connectivity index is 1.94. The van der Waals surface area contributed by atoms with Gasteiger partial charge in [-0.3, -0.25) is 14.2 Å². The molecule has 1 aliphatic rings. The first-order chi connectivity index (χ1) is 15.0. The van der Waals surface area contributed by atoms with Crippen molar-refractivity contribution >= 4 is 23.1 Å². The van der Waals surface area contributed by atoms with Crippen LogP contribution >= 0.6 is 0 Å². The molecule has 1 saturated heterocycles. The number of nitrogens with one attached hydrogen (secondary N) is 1. The molecule has 3 N–H and O–H groups in total. The molecule has 0 aliphatic carbocycles. The fourth-order valence-corrected chi connectivity index (χ4v) is 3.67. The maximum atomic E-state index is 13.2. The molecule has 31 heavy (non-hydrogen) atoms. The van der Waals surface area contributed by atoms with Crippen LogP contribution in [0.15, 0.2) is 33.9 Å². The van der Waals surface area contributed by atoms with Gasteiger partial charge in [0.05, 0.1) is 20.3 Å². The van der Waals surface area contributed by atoms with Gasteiger partial charge in [0.1, 0.15) is 23.8 Å². The van der Waals surface area contributed by atoms with Crippen molar-refractivity contribution in [1.29, 1.82) is 0 Å². The van der Waals surface area contributed by atoms with Crippen molar-refractivity contribution in [2.24, 2.45) is 0 Å². The number of carbonyl (C=O) groups is 1. The van der Waals surface area contributed by atoms with Crippen molar-refractivity contribution in [3.05, 3.63) is 45.1 Å². The molecule has 3 rings (SSSR count). The van der Waals surface area contributed by atoms with Crippen LogP contribution < -0.4 is 31.9 Å². The Morgan fingerprint density at radius 1 is 1.06 bits per heavy atom.